The number of hydrogen-bond donors (Lipinski definition) is 0. The Morgan fingerprint density at radius 3 is 1.56 bits per heavy atom. The molecule has 0 radical (unpaired) electrons. The fraction of sp³-hybridized carbons (Fsp3) is 0. The summed E-state index contributed by atoms with van der Waals surface area (Å²) in [6.07, 6.45) is 0. The third-order valence-electron chi connectivity index (χ3n) is 9.30. The Kier molecular flexibility index (Phi) is 6.44. The van der Waals surface area contributed by atoms with Gasteiger partial charge in [0.1, 0.15) is 42.6 Å². The van der Waals surface area contributed by atoms with Gasteiger partial charge in [-0.3, -0.25) is 0 Å². The molecule has 0 bridgehead atoms. The summed E-state index contributed by atoms with van der Waals surface area (Å²) in [6, 6.07) is 42.0. The fourth-order valence-electron chi connectivity index (χ4n) is 7.35. The highest BCUT2D eigenvalue weighted by Gasteiger charge is 2.21. The number of hydrogen-bond acceptors (Lipinski definition) is 4. The van der Waals surface area contributed by atoms with Gasteiger partial charge in [0, 0.05) is 43.9 Å². The molecule has 0 spiro atoms. The van der Waals surface area contributed by atoms with E-state index in [0.717, 1.165) is 44.3 Å². The van der Waals surface area contributed by atoms with E-state index in [9.17, 15) is 0 Å². The number of furan rings is 1. The molecule has 3 heterocycles. The van der Waals surface area contributed by atoms with Gasteiger partial charge in [-0.1, -0.05) is 119 Å². The van der Waals surface area contributed by atoms with Crippen LogP contribution in [-0.4, -0.2) is 50.9 Å². The normalized spacial score (nSPS) is 11.7. The topological polar surface area (TPSA) is 56.7 Å². The number of nitrogens with zero attached hydrogens (tertiary/aromatic N) is 4. The molecule has 6 aromatic carbocycles. The van der Waals surface area contributed by atoms with Crippen LogP contribution in [0, 0.1) is 0 Å². The van der Waals surface area contributed by atoms with Gasteiger partial charge in [0.05, 0.1) is 11.1 Å². The molecule has 0 atom stereocenters. The number of benzene rings is 6. The molecule has 222 valence electrons. The minimum Gasteiger partial charge on any atom is -0.456 e. The van der Waals surface area contributed by atoms with Crippen molar-refractivity contribution in [3.8, 4) is 39.9 Å². The molecule has 9 aromatic rings. The zero-order valence-electron chi connectivity index (χ0n) is 27.2. The van der Waals surface area contributed by atoms with Gasteiger partial charge in [0.25, 0.3) is 0 Å². The van der Waals surface area contributed by atoms with Gasteiger partial charge in [-0.15, -0.1) is 0 Å². The smallest absolute Gasteiger partial charge is 0.164 e. The molecule has 9 heteroatoms. The Morgan fingerprint density at radius 1 is 0.458 bits per heavy atom. The summed E-state index contributed by atoms with van der Waals surface area (Å²) in [7, 11) is 8.79. The van der Waals surface area contributed by atoms with Crippen molar-refractivity contribution in [2.75, 3.05) is 0 Å². The average molecular weight is 612 g/mol. The summed E-state index contributed by atoms with van der Waals surface area (Å²) in [4.78, 5) is 14.8. The Balaban J connectivity index is 1.28. The second kappa shape index (κ2) is 10.9. The Hall–Kier alpha value is -5.81. The first kappa shape index (κ1) is 28.4. The quantitative estimate of drug-likeness (QED) is 0.288. The predicted molar refractivity (Wildman–Crippen MR) is 210 cm³/mol. The third kappa shape index (κ3) is 4.49. The molecule has 0 N–H and O–H groups in total. The summed E-state index contributed by atoms with van der Waals surface area (Å²) in [5.41, 5.74) is 13.0. The highest BCUT2D eigenvalue weighted by atomic mass is 16.3. The van der Waals surface area contributed by atoms with Crippen molar-refractivity contribution in [2.45, 2.75) is 0 Å². The van der Waals surface area contributed by atoms with Crippen LogP contribution >= 0.6 is 0 Å². The third-order valence-corrected chi connectivity index (χ3v) is 9.30. The molecular formula is C39H28B4N4O. The van der Waals surface area contributed by atoms with Crippen molar-refractivity contribution in [3.05, 3.63) is 121 Å². The second-order valence-corrected chi connectivity index (χ2v) is 12.8. The van der Waals surface area contributed by atoms with Crippen LogP contribution in [0.15, 0.2) is 126 Å². The summed E-state index contributed by atoms with van der Waals surface area (Å²) in [6.45, 7) is 0. The molecule has 0 aliphatic heterocycles. The summed E-state index contributed by atoms with van der Waals surface area (Å²) >= 11 is 0. The lowest BCUT2D eigenvalue weighted by atomic mass is 9.83. The van der Waals surface area contributed by atoms with Crippen LogP contribution in [0.2, 0.25) is 0 Å². The van der Waals surface area contributed by atoms with Gasteiger partial charge >= 0.3 is 0 Å². The molecule has 5 nitrogen and oxygen atoms in total. The Bertz CT molecular complexity index is 2600. The lowest BCUT2D eigenvalue weighted by Gasteiger charge is -2.13. The summed E-state index contributed by atoms with van der Waals surface area (Å²) in [5.74, 6) is 1.87. The number of rotatable bonds is 4. The van der Waals surface area contributed by atoms with Gasteiger partial charge in [-0.25, -0.2) is 15.0 Å². The molecule has 0 fully saturated rings. The molecule has 0 saturated carbocycles. The van der Waals surface area contributed by atoms with Gasteiger partial charge < -0.3 is 8.98 Å². The van der Waals surface area contributed by atoms with E-state index < -0.39 is 0 Å². The van der Waals surface area contributed by atoms with Gasteiger partial charge in [0.2, 0.25) is 0 Å². The zero-order chi connectivity index (χ0) is 32.5. The van der Waals surface area contributed by atoms with Crippen molar-refractivity contribution in [1.82, 2.24) is 19.5 Å². The lowest BCUT2D eigenvalue weighted by Crippen LogP contribution is -2.18. The van der Waals surface area contributed by atoms with Crippen molar-refractivity contribution >= 4 is 97.0 Å². The molecule has 0 aliphatic rings. The van der Waals surface area contributed by atoms with Crippen LogP contribution in [-0.2, 0) is 0 Å². The van der Waals surface area contributed by atoms with Crippen LogP contribution in [0.3, 0.4) is 0 Å². The predicted octanol–water partition coefficient (Wildman–Crippen LogP) is 2.90. The van der Waals surface area contributed by atoms with Crippen LogP contribution < -0.4 is 21.9 Å². The van der Waals surface area contributed by atoms with Gasteiger partial charge in [-0.2, -0.15) is 0 Å². The largest absolute Gasteiger partial charge is 0.456 e. The highest BCUT2D eigenvalue weighted by molar-refractivity contribution is 6.48. The first-order valence-corrected chi connectivity index (χ1v) is 16.3. The van der Waals surface area contributed by atoms with Crippen molar-refractivity contribution in [3.63, 3.8) is 0 Å². The van der Waals surface area contributed by atoms with Crippen LogP contribution in [0.25, 0.3) is 83.6 Å². The lowest BCUT2D eigenvalue weighted by molar-refractivity contribution is 0.669. The monoisotopic (exact) mass is 612 g/mol. The van der Waals surface area contributed by atoms with Gasteiger partial charge in [-0.05, 0) is 24.3 Å². The molecule has 9 rings (SSSR count). The SMILES string of the molecule is Bc1cc(B)c2c(c1)c1cc(B)cc(B)c1n2-c1cccc2oc3cc(-c4nc(-c5ccccc5)nc(-c5ccccc5)n4)ccc3c12. The van der Waals surface area contributed by atoms with E-state index in [1.165, 1.54) is 43.7 Å². The van der Waals surface area contributed by atoms with Crippen LogP contribution in [0.4, 0.5) is 0 Å². The highest BCUT2D eigenvalue weighted by Crippen LogP contribution is 2.38. The minimum atomic E-state index is 0.602. The van der Waals surface area contributed by atoms with Crippen LogP contribution in [0.5, 0.6) is 0 Å². The maximum Gasteiger partial charge on any atom is 0.164 e. The van der Waals surface area contributed by atoms with E-state index in [2.05, 4.69) is 96.6 Å². The number of aromatic nitrogens is 4. The van der Waals surface area contributed by atoms with Gasteiger partial charge in [0.15, 0.2) is 17.5 Å². The van der Waals surface area contributed by atoms with E-state index in [1.807, 2.05) is 60.7 Å². The Morgan fingerprint density at radius 2 is 1.00 bits per heavy atom. The molecule has 48 heavy (non-hydrogen) atoms. The maximum absolute atomic E-state index is 6.62. The molecule has 0 amide bonds. The standard InChI is InChI=1S/C39H28B4N4O/c40-24-17-27-28-18-25(41)20-30(43)36(28)47(35(27)29(42)19-24)31-12-7-13-32-34(31)26-15-14-23(16-33(26)48-32)39-45-37(21-8-3-1-4-9-21)44-38(46-39)22-10-5-2-6-11-22/h1-20H,40-43H2. The zero-order valence-corrected chi connectivity index (χ0v) is 27.2. The van der Waals surface area contributed by atoms with E-state index in [1.54, 1.807) is 0 Å². The molecule has 0 saturated heterocycles. The molecule has 0 unspecified atom stereocenters. The van der Waals surface area contributed by atoms with Crippen molar-refractivity contribution < 1.29 is 4.42 Å². The summed E-state index contributed by atoms with van der Waals surface area (Å²) < 4.78 is 9.07. The van der Waals surface area contributed by atoms with Crippen molar-refractivity contribution in [2.24, 2.45) is 0 Å². The van der Waals surface area contributed by atoms with E-state index in [-0.39, 0.29) is 0 Å². The van der Waals surface area contributed by atoms with E-state index in [0.29, 0.717) is 17.5 Å². The fourth-order valence-corrected chi connectivity index (χ4v) is 7.35. The minimum absolute atomic E-state index is 0.602. The average Bonchev–Trinajstić information content (AvgIpc) is 3.64. The Labute approximate surface area is 281 Å². The first-order valence-electron chi connectivity index (χ1n) is 16.3. The van der Waals surface area contributed by atoms with E-state index in [4.69, 9.17) is 19.4 Å². The summed E-state index contributed by atoms with van der Waals surface area (Å²) in [5, 5.41) is 4.69. The second-order valence-electron chi connectivity index (χ2n) is 12.8. The van der Waals surface area contributed by atoms with Crippen LogP contribution in [0.1, 0.15) is 0 Å². The maximum atomic E-state index is 6.62. The van der Waals surface area contributed by atoms with Crippen molar-refractivity contribution in [1.29, 1.82) is 0 Å². The molecule has 3 aromatic heterocycles. The molecule has 0 aliphatic carbocycles. The van der Waals surface area contributed by atoms with E-state index >= 15 is 0 Å². The number of fused-ring (bicyclic) bond motifs is 6. The molecular weight excluding hydrogens is 584 g/mol. The first-order chi connectivity index (χ1) is 23.4.